The maximum atomic E-state index is 12.5. The number of benzene rings is 1. The highest BCUT2D eigenvalue weighted by molar-refractivity contribution is 8.00. The summed E-state index contributed by atoms with van der Waals surface area (Å²) in [5, 5.41) is -0.317. The van der Waals surface area contributed by atoms with Crippen LogP contribution in [0.2, 0.25) is 0 Å². The summed E-state index contributed by atoms with van der Waals surface area (Å²) in [5.41, 5.74) is 7.78. The molecule has 0 bridgehead atoms. The number of likely N-dealkylation sites (tertiary alicyclic amines) is 1. The zero-order chi connectivity index (χ0) is 15.0. The molecule has 21 heavy (non-hydrogen) atoms. The van der Waals surface area contributed by atoms with E-state index >= 15 is 0 Å². The van der Waals surface area contributed by atoms with Gasteiger partial charge in [-0.1, -0.05) is 25.0 Å². The van der Waals surface area contributed by atoms with Crippen LogP contribution in [-0.4, -0.2) is 28.0 Å². The van der Waals surface area contributed by atoms with E-state index in [9.17, 15) is 9.59 Å². The van der Waals surface area contributed by atoms with Crippen molar-refractivity contribution in [2.45, 2.75) is 55.2 Å². The lowest BCUT2D eigenvalue weighted by Crippen LogP contribution is -2.39. The van der Waals surface area contributed by atoms with E-state index in [2.05, 4.69) is 0 Å². The van der Waals surface area contributed by atoms with Crippen LogP contribution >= 0.6 is 11.8 Å². The Kier molecular flexibility index (Phi) is 3.93. The number of nitrogen functional groups attached to an aromatic ring is 1. The van der Waals surface area contributed by atoms with E-state index in [0.29, 0.717) is 12.1 Å². The average Bonchev–Trinajstić information content (AvgIpc) is 3.04. The highest BCUT2D eigenvalue weighted by Crippen LogP contribution is 2.38. The fourth-order valence-electron chi connectivity index (χ4n) is 3.17. The predicted molar refractivity (Wildman–Crippen MR) is 84.0 cm³/mol. The quantitative estimate of drug-likeness (QED) is 0.689. The first-order chi connectivity index (χ1) is 10.1. The number of thioether (sulfide) groups is 1. The molecular weight excluding hydrogens is 284 g/mol. The number of nitrogens with zero attached hydrogens (tertiary/aromatic N) is 1. The van der Waals surface area contributed by atoms with Crippen LogP contribution < -0.4 is 5.73 Å². The summed E-state index contributed by atoms with van der Waals surface area (Å²) in [7, 11) is 0. The van der Waals surface area contributed by atoms with Crippen molar-refractivity contribution < 1.29 is 9.59 Å². The third-order valence-electron chi connectivity index (χ3n) is 4.38. The topological polar surface area (TPSA) is 63.4 Å². The molecule has 1 aliphatic heterocycles. The lowest BCUT2D eigenvalue weighted by molar-refractivity contribution is -0.140. The largest absolute Gasteiger partial charge is 0.398 e. The monoisotopic (exact) mass is 304 g/mol. The molecule has 0 aromatic heterocycles. The van der Waals surface area contributed by atoms with Crippen molar-refractivity contribution in [2.24, 2.45) is 0 Å². The van der Waals surface area contributed by atoms with Gasteiger partial charge in [-0.25, -0.2) is 0 Å². The molecule has 1 saturated heterocycles. The maximum absolute atomic E-state index is 12.5. The van der Waals surface area contributed by atoms with E-state index in [4.69, 9.17) is 5.73 Å². The van der Waals surface area contributed by atoms with Gasteiger partial charge in [0.25, 0.3) is 0 Å². The summed E-state index contributed by atoms with van der Waals surface area (Å²) in [5.74, 6) is -0.0477. The molecule has 1 heterocycles. The van der Waals surface area contributed by atoms with Crippen molar-refractivity contribution in [3.63, 3.8) is 0 Å². The molecule has 1 aromatic carbocycles. The smallest absolute Gasteiger partial charge is 0.243 e. The van der Waals surface area contributed by atoms with Gasteiger partial charge < -0.3 is 5.73 Å². The molecule has 3 rings (SSSR count). The molecule has 1 aromatic rings. The number of rotatable bonds is 3. The fraction of sp³-hybridized carbons (Fsp3) is 0.500. The lowest BCUT2D eigenvalue weighted by atomic mass is 10.2. The van der Waals surface area contributed by atoms with Gasteiger partial charge in [-0.05, 0) is 31.4 Å². The summed E-state index contributed by atoms with van der Waals surface area (Å²) in [6, 6.07) is 5.93. The van der Waals surface area contributed by atoms with Gasteiger partial charge in [0.2, 0.25) is 11.8 Å². The molecule has 4 nitrogen and oxygen atoms in total. The SMILES string of the molecule is Cc1cccc(SC2CC(=O)N(C3CCCC3)C2=O)c1N. The minimum atomic E-state index is -0.317. The number of imide groups is 1. The molecule has 2 aliphatic rings. The van der Waals surface area contributed by atoms with Crippen LogP contribution in [0.1, 0.15) is 37.7 Å². The van der Waals surface area contributed by atoms with E-state index in [-0.39, 0.29) is 23.1 Å². The molecule has 1 aliphatic carbocycles. The predicted octanol–water partition coefficient (Wildman–Crippen LogP) is 2.74. The fourth-order valence-corrected chi connectivity index (χ4v) is 4.36. The molecule has 0 radical (unpaired) electrons. The van der Waals surface area contributed by atoms with Crippen molar-refractivity contribution in [3.05, 3.63) is 23.8 Å². The zero-order valence-corrected chi connectivity index (χ0v) is 13.0. The van der Waals surface area contributed by atoms with Gasteiger partial charge in [0.15, 0.2) is 0 Å². The van der Waals surface area contributed by atoms with E-state index in [1.807, 2.05) is 25.1 Å². The Morgan fingerprint density at radius 2 is 1.95 bits per heavy atom. The summed E-state index contributed by atoms with van der Waals surface area (Å²) >= 11 is 1.43. The Balaban J connectivity index is 1.76. The van der Waals surface area contributed by atoms with E-state index in [0.717, 1.165) is 36.1 Å². The maximum Gasteiger partial charge on any atom is 0.243 e. The number of para-hydroxylation sites is 1. The minimum absolute atomic E-state index is 0.0179. The Bertz CT molecular complexity index is 582. The number of hydrogen-bond acceptors (Lipinski definition) is 4. The summed E-state index contributed by atoms with van der Waals surface area (Å²) in [6.07, 6.45) is 4.45. The zero-order valence-electron chi connectivity index (χ0n) is 12.2. The van der Waals surface area contributed by atoms with Gasteiger partial charge >= 0.3 is 0 Å². The van der Waals surface area contributed by atoms with E-state index < -0.39 is 0 Å². The second kappa shape index (κ2) is 5.72. The number of nitrogens with two attached hydrogens (primary N) is 1. The Hall–Kier alpha value is -1.49. The second-order valence-electron chi connectivity index (χ2n) is 5.84. The van der Waals surface area contributed by atoms with Crippen LogP contribution in [0.25, 0.3) is 0 Å². The molecule has 112 valence electrons. The van der Waals surface area contributed by atoms with Crippen LogP contribution in [0, 0.1) is 6.92 Å². The van der Waals surface area contributed by atoms with Gasteiger partial charge in [0.1, 0.15) is 0 Å². The number of carbonyl (C=O) groups excluding carboxylic acids is 2. The third kappa shape index (κ3) is 2.67. The molecule has 0 spiro atoms. The van der Waals surface area contributed by atoms with E-state index in [1.165, 1.54) is 16.7 Å². The summed E-state index contributed by atoms with van der Waals surface area (Å²) in [4.78, 5) is 27.2. The van der Waals surface area contributed by atoms with Gasteiger partial charge in [0, 0.05) is 23.0 Å². The number of amides is 2. The molecule has 1 atom stereocenters. The minimum Gasteiger partial charge on any atom is -0.398 e. The van der Waals surface area contributed by atoms with Crippen molar-refractivity contribution in [3.8, 4) is 0 Å². The Morgan fingerprint density at radius 1 is 1.24 bits per heavy atom. The molecular formula is C16H20N2O2S. The molecule has 2 N–H and O–H groups in total. The second-order valence-corrected chi connectivity index (χ2v) is 7.08. The van der Waals surface area contributed by atoms with Crippen molar-refractivity contribution in [1.82, 2.24) is 4.90 Å². The molecule has 2 fully saturated rings. The number of anilines is 1. The number of carbonyl (C=O) groups is 2. The third-order valence-corrected chi connectivity index (χ3v) is 5.65. The van der Waals surface area contributed by atoms with Crippen molar-refractivity contribution >= 4 is 29.3 Å². The van der Waals surface area contributed by atoms with Crippen LogP contribution in [0.3, 0.4) is 0 Å². The van der Waals surface area contributed by atoms with Crippen LogP contribution in [0.4, 0.5) is 5.69 Å². The number of aryl methyl sites for hydroxylation is 1. The first kappa shape index (κ1) is 14.4. The van der Waals surface area contributed by atoms with Gasteiger partial charge in [-0.2, -0.15) is 0 Å². The van der Waals surface area contributed by atoms with Gasteiger partial charge in [-0.15, -0.1) is 11.8 Å². The molecule has 1 unspecified atom stereocenters. The summed E-state index contributed by atoms with van der Waals surface area (Å²) < 4.78 is 0. The molecule has 5 heteroatoms. The molecule has 2 amide bonds. The van der Waals surface area contributed by atoms with Gasteiger partial charge in [-0.3, -0.25) is 14.5 Å². The highest BCUT2D eigenvalue weighted by atomic mass is 32.2. The van der Waals surface area contributed by atoms with Crippen LogP contribution in [0.15, 0.2) is 23.1 Å². The normalized spacial score (nSPS) is 23.3. The Labute approximate surface area is 129 Å². The van der Waals surface area contributed by atoms with Crippen molar-refractivity contribution in [2.75, 3.05) is 5.73 Å². The van der Waals surface area contributed by atoms with Crippen LogP contribution in [0.5, 0.6) is 0 Å². The first-order valence-corrected chi connectivity index (χ1v) is 8.33. The highest BCUT2D eigenvalue weighted by Gasteiger charge is 2.43. The first-order valence-electron chi connectivity index (χ1n) is 7.45. The molecule has 1 saturated carbocycles. The average molecular weight is 304 g/mol. The van der Waals surface area contributed by atoms with E-state index in [1.54, 1.807) is 0 Å². The standard InChI is InChI=1S/C16H20N2O2S/c1-10-5-4-8-12(15(10)17)21-13-9-14(19)18(16(13)20)11-6-2-3-7-11/h4-5,8,11,13H,2-3,6-7,9,17H2,1H3. The number of hydrogen-bond donors (Lipinski definition) is 1. The van der Waals surface area contributed by atoms with Gasteiger partial charge in [0.05, 0.1) is 5.25 Å². The van der Waals surface area contributed by atoms with Crippen molar-refractivity contribution in [1.29, 1.82) is 0 Å². The summed E-state index contributed by atoms with van der Waals surface area (Å²) in [6.45, 7) is 1.95. The van der Waals surface area contributed by atoms with Crippen LogP contribution in [-0.2, 0) is 9.59 Å². The Morgan fingerprint density at radius 3 is 2.67 bits per heavy atom. The lowest BCUT2D eigenvalue weighted by Gasteiger charge is -2.22.